The molecule has 5 heteroatoms. The Labute approximate surface area is 138 Å². The van der Waals surface area contributed by atoms with Gasteiger partial charge < -0.3 is 14.4 Å². The quantitative estimate of drug-likeness (QED) is 0.852. The van der Waals surface area contributed by atoms with E-state index in [1.807, 2.05) is 11.8 Å². The zero-order valence-electron chi connectivity index (χ0n) is 14.3. The van der Waals surface area contributed by atoms with E-state index in [0.29, 0.717) is 6.61 Å². The molecule has 1 fully saturated rings. The van der Waals surface area contributed by atoms with Crippen molar-refractivity contribution in [1.82, 2.24) is 9.80 Å². The molecule has 0 aliphatic carbocycles. The Bertz CT molecular complexity index is 580. The Morgan fingerprint density at radius 2 is 2.04 bits per heavy atom. The van der Waals surface area contributed by atoms with E-state index in [1.165, 1.54) is 11.1 Å². The van der Waals surface area contributed by atoms with Gasteiger partial charge in [0.2, 0.25) is 5.91 Å². The maximum absolute atomic E-state index is 11.4. The molecule has 1 saturated heterocycles. The first-order chi connectivity index (χ1) is 11.1. The van der Waals surface area contributed by atoms with E-state index in [0.717, 1.165) is 50.6 Å². The molecule has 0 saturated carbocycles. The van der Waals surface area contributed by atoms with Crippen LogP contribution in [0.15, 0.2) is 12.1 Å². The summed E-state index contributed by atoms with van der Waals surface area (Å²) >= 11 is 0. The monoisotopic (exact) mass is 318 g/mol. The molecule has 2 aliphatic heterocycles. The van der Waals surface area contributed by atoms with Crippen molar-refractivity contribution in [2.45, 2.75) is 39.8 Å². The minimum Gasteiger partial charge on any atom is -0.494 e. The van der Waals surface area contributed by atoms with Gasteiger partial charge in [-0.25, -0.2) is 0 Å². The highest BCUT2D eigenvalue weighted by Gasteiger charge is 2.24. The number of rotatable bonds is 4. The molecule has 1 aromatic rings. The fourth-order valence-corrected chi connectivity index (χ4v) is 3.36. The Morgan fingerprint density at radius 3 is 2.70 bits per heavy atom. The maximum Gasteiger partial charge on any atom is 0.219 e. The standard InChI is InChI=1S/C18H26N2O3/c1-4-22-17-10-15-9-13(2)23-18(15)11-16(17)12-19-5-7-20(8-6-19)14(3)21/h10-11,13H,4-9,12H2,1-3H3. The smallest absolute Gasteiger partial charge is 0.219 e. The van der Waals surface area contributed by atoms with Gasteiger partial charge in [0.15, 0.2) is 0 Å². The molecule has 0 radical (unpaired) electrons. The number of nitrogens with zero attached hydrogens (tertiary/aromatic N) is 2. The molecule has 2 aliphatic rings. The molecule has 0 bridgehead atoms. The number of fused-ring (bicyclic) bond motifs is 1. The second-order valence-electron chi connectivity index (χ2n) is 6.42. The van der Waals surface area contributed by atoms with Crippen LogP contribution >= 0.6 is 0 Å². The lowest BCUT2D eigenvalue weighted by Crippen LogP contribution is -2.47. The number of piperazine rings is 1. The van der Waals surface area contributed by atoms with Crippen molar-refractivity contribution in [3.63, 3.8) is 0 Å². The van der Waals surface area contributed by atoms with E-state index in [2.05, 4.69) is 24.0 Å². The number of amides is 1. The molecule has 1 amide bonds. The third kappa shape index (κ3) is 3.61. The Balaban J connectivity index is 1.72. The van der Waals surface area contributed by atoms with Gasteiger partial charge in [-0.15, -0.1) is 0 Å². The topological polar surface area (TPSA) is 42.0 Å². The summed E-state index contributed by atoms with van der Waals surface area (Å²) in [5.41, 5.74) is 2.42. The summed E-state index contributed by atoms with van der Waals surface area (Å²) in [4.78, 5) is 15.7. The largest absolute Gasteiger partial charge is 0.494 e. The first-order valence-electron chi connectivity index (χ1n) is 8.50. The average molecular weight is 318 g/mol. The Hall–Kier alpha value is -1.75. The molecule has 1 aromatic carbocycles. The van der Waals surface area contributed by atoms with Crippen LogP contribution in [0.1, 0.15) is 31.9 Å². The number of carbonyl (C=O) groups excluding carboxylic acids is 1. The van der Waals surface area contributed by atoms with Crippen LogP contribution in [0.5, 0.6) is 11.5 Å². The SMILES string of the molecule is CCOc1cc2c(cc1CN1CCN(C(C)=O)CC1)OC(C)C2. The highest BCUT2D eigenvalue weighted by atomic mass is 16.5. The van der Waals surface area contributed by atoms with E-state index in [4.69, 9.17) is 9.47 Å². The molecule has 1 unspecified atom stereocenters. The van der Waals surface area contributed by atoms with Crippen molar-refractivity contribution in [3.8, 4) is 11.5 Å². The van der Waals surface area contributed by atoms with Gasteiger partial charge in [0.05, 0.1) is 6.61 Å². The fourth-order valence-electron chi connectivity index (χ4n) is 3.36. The van der Waals surface area contributed by atoms with Crippen molar-refractivity contribution in [2.24, 2.45) is 0 Å². The normalized spacial score (nSPS) is 21.0. The first kappa shape index (κ1) is 16.1. The van der Waals surface area contributed by atoms with Crippen LogP contribution in [0.2, 0.25) is 0 Å². The molecule has 1 atom stereocenters. The van der Waals surface area contributed by atoms with Gasteiger partial charge in [0.1, 0.15) is 17.6 Å². The van der Waals surface area contributed by atoms with E-state index in [-0.39, 0.29) is 12.0 Å². The van der Waals surface area contributed by atoms with E-state index < -0.39 is 0 Å². The van der Waals surface area contributed by atoms with Crippen LogP contribution in [-0.2, 0) is 17.8 Å². The van der Waals surface area contributed by atoms with Gasteiger partial charge in [-0.1, -0.05) is 0 Å². The predicted octanol–water partition coefficient (Wildman–Crippen LogP) is 2.07. The lowest BCUT2D eigenvalue weighted by Gasteiger charge is -2.34. The molecule has 126 valence electrons. The van der Waals surface area contributed by atoms with Gasteiger partial charge >= 0.3 is 0 Å². The van der Waals surface area contributed by atoms with Gasteiger partial charge in [-0.05, 0) is 26.0 Å². The Kier molecular flexibility index (Phi) is 4.76. The summed E-state index contributed by atoms with van der Waals surface area (Å²) in [7, 11) is 0. The van der Waals surface area contributed by atoms with Gasteiger partial charge in [0.25, 0.3) is 0 Å². The van der Waals surface area contributed by atoms with E-state index in [1.54, 1.807) is 6.92 Å². The summed E-state index contributed by atoms with van der Waals surface area (Å²) in [6.07, 6.45) is 1.20. The number of hydrogen-bond acceptors (Lipinski definition) is 4. The van der Waals surface area contributed by atoms with Crippen LogP contribution in [-0.4, -0.2) is 54.6 Å². The molecule has 3 rings (SSSR count). The van der Waals surface area contributed by atoms with Crippen molar-refractivity contribution in [2.75, 3.05) is 32.8 Å². The molecule has 2 heterocycles. The minimum atomic E-state index is 0.166. The highest BCUT2D eigenvalue weighted by Crippen LogP contribution is 2.35. The lowest BCUT2D eigenvalue weighted by molar-refractivity contribution is -0.130. The van der Waals surface area contributed by atoms with Crippen LogP contribution in [0.3, 0.4) is 0 Å². The molecule has 0 spiro atoms. The lowest BCUT2D eigenvalue weighted by atomic mass is 10.1. The summed E-state index contributed by atoms with van der Waals surface area (Å²) in [6, 6.07) is 4.28. The summed E-state index contributed by atoms with van der Waals surface area (Å²) in [5.74, 6) is 2.14. The Morgan fingerprint density at radius 1 is 1.30 bits per heavy atom. The number of benzene rings is 1. The van der Waals surface area contributed by atoms with Crippen molar-refractivity contribution >= 4 is 5.91 Å². The maximum atomic E-state index is 11.4. The molecule has 5 nitrogen and oxygen atoms in total. The third-order valence-electron chi connectivity index (χ3n) is 4.59. The molecule has 23 heavy (non-hydrogen) atoms. The van der Waals surface area contributed by atoms with Gasteiger partial charge in [-0.3, -0.25) is 9.69 Å². The first-order valence-corrected chi connectivity index (χ1v) is 8.50. The summed E-state index contributed by atoms with van der Waals surface area (Å²) < 4.78 is 11.7. The molecule has 0 aromatic heterocycles. The van der Waals surface area contributed by atoms with Crippen LogP contribution in [0, 0.1) is 0 Å². The van der Waals surface area contributed by atoms with Crippen LogP contribution < -0.4 is 9.47 Å². The number of ether oxygens (including phenoxy) is 2. The molecular formula is C18H26N2O3. The molecule has 0 N–H and O–H groups in total. The van der Waals surface area contributed by atoms with Crippen LogP contribution in [0.4, 0.5) is 0 Å². The fraction of sp³-hybridized carbons (Fsp3) is 0.611. The van der Waals surface area contributed by atoms with E-state index in [9.17, 15) is 4.79 Å². The second-order valence-corrected chi connectivity index (χ2v) is 6.42. The van der Waals surface area contributed by atoms with Crippen molar-refractivity contribution in [1.29, 1.82) is 0 Å². The third-order valence-corrected chi connectivity index (χ3v) is 4.59. The summed E-state index contributed by atoms with van der Waals surface area (Å²) in [5, 5.41) is 0. The minimum absolute atomic E-state index is 0.166. The van der Waals surface area contributed by atoms with E-state index >= 15 is 0 Å². The van der Waals surface area contributed by atoms with Gasteiger partial charge in [0, 0.05) is 57.2 Å². The number of hydrogen-bond donors (Lipinski definition) is 0. The average Bonchev–Trinajstić information content (AvgIpc) is 2.87. The summed E-state index contributed by atoms with van der Waals surface area (Å²) in [6.45, 7) is 10.7. The molecular weight excluding hydrogens is 292 g/mol. The van der Waals surface area contributed by atoms with Crippen molar-refractivity contribution in [3.05, 3.63) is 23.3 Å². The van der Waals surface area contributed by atoms with Gasteiger partial charge in [-0.2, -0.15) is 0 Å². The van der Waals surface area contributed by atoms with Crippen LogP contribution in [0.25, 0.3) is 0 Å². The second kappa shape index (κ2) is 6.79. The number of carbonyl (C=O) groups is 1. The zero-order chi connectivity index (χ0) is 16.4. The predicted molar refractivity (Wildman–Crippen MR) is 88.9 cm³/mol. The highest BCUT2D eigenvalue weighted by molar-refractivity contribution is 5.73. The van der Waals surface area contributed by atoms with Crippen molar-refractivity contribution < 1.29 is 14.3 Å². The zero-order valence-corrected chi connectivity index (χ0v) is 14.3.